The number of likely N-dealkylation sites (N-methyl/N-ethyl adjacent to an activating group) is 1. The molecule has 0 N–H and O–H groups in total. The fourth-order valence-corrected chi connectivity index (χ4v) is 2.28. The zero-order valence-corrected chi connectivity index (χ0v) is 12.5. The Morgan fingerprint density at radius 3 is 2.41 bits per heavy atom. The van der Waals surface area contributed by atoms with Gasteiger partial charge >= 0.3 is 6.18 Å². The molecule has 0 radical (unpaired) electrons. The van der Waals surface area contributed by atoms with Crippen LogP contribution in [0.25, 0.3) is 0 Å². The summed E-state index contributed by atoms with van der Waals surface area (Å²) in [5, 5.41) is 0. The van der Waals surface area contributed by atoms with E-state index in [2.05, 4.69) is 9.97 Å². The highest BCUT2D eigenvalue weighted by Crippen LogP contribution is 2.28. The first-order valence-electron chi connectivity index (χ1n) is 7.08. The number of hydrogen-bond donors (Lipinski definition) is 0. The summed E-state index contributed by atoms with van der Waals surface area (Å²) in [6.45, 7) is 2.00. The van der Waals surface area contributed by atoms with E-state index in [0.717, 1.165) is 30.7 Å². The maximum atomic E-state index is 12.8. The van der Waals surface area contributed by atoms with E-state index in [0.29, 0.717) is 0 Å². The van der Waals surface area contributed by atoms with E-state index in [-0.39, 0.29) is 12.0 Å². The highest BCUT2D eigenvalue weighted by Gasteiger charge is 2.33. The van der Waals surface area contributed by atoms with Crippen LogP contribution < -0.4 is 4.90 Å². The molecule has 1 aromatic heterocycles. The van der Waals surface area contributed by atoms with Crippen LogP contribution >= 0.6 is 0 Å². The van der Waals surface area contributed by atoms with Gasteiger partial charge in [-0.05, 0) is 24.5 Å². The van der Waals surface area contributed by atoms with Gasteiger partial charge in [0.05, 0.1) is 0 Å². The fraction of sp³-hybridized carbons (Fsp3) is 0.375. The molecule has 0 fully saturated rings. The van der Waals surface area contributed by atoms with Crippen molar-refractivity contribution >= 4 is 5.95 Å². The number of nitrogens with zero attached hydrogens (tertiary/aromatic N) is 3. The van der Waals surface area contributed by atoms with E-state index in [9.17, 15) is 13.2 Å². The molecule has 118 valence electrons. The van der Waals surface area contributed by atoms with Crippen molar-refractivity contribution in [3.63, 3.8) is 0 Å². The Balaban J connectivity index is 2.19. The standard InChI is InChI=1S/C16H18F3N3/c1-3-13(11-12-7-5-4-6-8-12)22(2)15-20-10-9-14(21-15)16(17,18)19/h4-10,13H,3,11H2,1-2H3. The van der Waals surface area contributed by atoms with Gasteiger partial charge in [0.15, 0.2) is 0 Å². The Bertz CT molecular complexity index is 599. The topological polar surface area (TPSA) is 29.0 Å². The minimum absolute atomic E-state index is 0.0332. The summed E-state index contributed by atoms with van der Waals surface area (Å²) in [5.74, 6) is 0.0950. The quantitative estimate of drug-likeness (QED) is 0.837. The third-order valence-corrected chi connectivity index (χ3v) is 3.58. The third kappa shape index (κ3) is 3.96. The largest absolute Gasteiger partial charge is 0.433 e. The summed E-state index contributed by atoms with van der Waals surface area (Å²) in [6.07, 6.45) is -1.80. The van der Waals surface area contributed by atoms with Crippen LogP contribution in [0.2, 0.25) is 0 Å². The number of rotatable bonds is 5. The number of alkyl halides is 3. The van der Waals surface area contributed by atoms with Crippen LogP contribution in [0.15, 0.2) is 42.6 Å². The molecule has 2 rings (SSSR count). The van der Waals surface area contributed by atoms with Crippen LogP contribution in [0.5, 0.6) is 0 Å². The average molecular weight is 309 g/mol. The molecule has 0 amide bonds. The minimum atomic E-state index is -4.46. The third-order valence-electron chi connectivity index (χ3n) is 3.58. The summed E-state index contributed by atoms with van der Waals surface area (Å²) in [5.41, 5.74) is 0.215. The van der Waals surface area contributed by atoms with Gasteiger partial charge in [-0.2, -0.15) is 13.2 Å². The summed E-state index contributed by atoms with van der Waals surface area (Å²) >= 11 is 0. The van der Waals surface area contributed by atoms with Crippen LogP contribution in [0.4, 0.5) is 19.1 Å². The fourth-order valence-electron chi connectivity index (χ4n) is 2.28. The molecule has 0 aliphatic carbocycles. The van der Waals surface area contributed by atoms with E-state index >= 15 is 0 Å². The first-order valence-corrected chi connectivity index (χ1v) is 7.08. The molecule has 1 unspecified atom stereocenters. The van der Waals surface area contributed by atoms with E-state index < -0.39 is 11.9 Å². The molecule has 0 saturated carbocycles. The first-order chi connectivity index (χ1) is 10.4. The number of aromatic nitrogens is 2. The van der Waals surface area contributed by atoms with E-state index in [4.69, 9.17) is 0 Å². The molecule has 3 nitrogen and oxygen atoms in total. The Hall–Kier alpha value is -2.11. The Kier molecular flexibility index (Phi) is 5.00. The van der Waals surface area contributed by atoms with Gasteiger partial charge in [-0.15, -0.1) is 0 Å². The molecular weight excluding hydrogens is 291 g/mol. The minimum Gasteiger partial charge on any atom is -0.341 e. The predicted molar refractivity (Wildman–Crippen MR) is 79.7 cm³/mol. The molecule has 22 heavy (non-hydrogen) atoms. The van der Waals surface area contributed by atoms with Crippen molar-refractivity contribution in [2.45, 2.75) is 32.0 Å². The summed E-state index contributed by atoms with van der Waals surface area (Å²) in [7, 11) is 1.73. The SMILES string of the molecule is CCC(Cc1ccccc1)N(C)c1nccc(C(F)(F)F)n1. The van der Waals surface area contributed by atoms with Crippen molar-refractivity contribution in [2.24, 2.45) is 0 Å². The lowest BCUT2D eigenvalue weighted by molar-refractivity contribution is -0.141. The average Bonchev–Trinajstić information content (AvgIpc) is 2.52. The second kappa shape index (κ2) is 6.77. The molecule has 0 aliphatic heterocycles. The summed E-state index contributed by atoms with van der Waals surface area (Å²) in [6, 6.07) is 10.8. The monoisotopic (exact) mass is 309 g/mol. The summed E-state index contributed by atoms with van der Waals surface area (Å²) in [4.78, 5) is 9.33. The molecule has 0 aliphatic rings. The molecule has 0 bridgehead atoms. The lowest BCUT2D eigenvalue weighted by Gasteiger charge is -2.27. The van der Waals surface area contributed by atoms with E-state index in [1.807, 2.05) is 37.3 Å². The molecular formula is C16H18F3N3. The predicted octanol–water partition coefficient (Wildman–Crippen LogP) is 3.95. The highest BCUT2D eigenvalue weighted by molar-refractivity contribution is 5.32. The Labute approximate surface area is 127 Å². The molecule has 1 heterocycles. The lowest BCUT2D eigenvalue weighted by atomic mass is 10.0. The van der Waals surface area contributed by atoms with Gasteiger partial charge in [-0.25, -0.2) is 9.97 Å². The highest BCUT2D eigenvalue weighted by atomic mass is 19.4. The lowest BCUT2D eigenvalue weighted by Crippen LogP contribution is -2.34. The number of anilines is 1. The smallest absolute Gasteiger partial charge is 0.341 e. The van der Waals surface area contributed by atoms with Gasteiger partial charge < -0.3 is 4.90 Å². The van der Waals surface area contributed by atoms with Crippen molar-refractivity contribution in [1.29, 1.82) is 0 Å². The van der Waals surface area contributed by atoms with Crippen molar-refractivity contribution < 1.29 is 13.2 Å². The molecule has 1 atom stereocenters. The second-order valence-corrected chi connectivity index (χ2v) is 5.10. The molecule has 0 saturated heterocycles. The zero-order chi connectivity index (χ0) is 16.2. The normalized spacial score (nSPS) is 13.0. The van der Waals surface area contributed by atoms with Crippen LogP contribution in [0.3, 0.4) is 0 Å². The van der Waals surface area contributed by atoms with Crippen LogP contribution in [-0.2, 0) is 12.6 Å². The molecule has 6 heteroatoms. The van der Waals surface area contributed by atoms with Gasteiger partial charge in [0.25, 0.3) is 0 Å². The molecule has 0 spiro atoms. The van der Waals surface area contributed by atoms with Gasteiger partial charge in [0.2, 0.25) is 5.95 Å². The molecule has 2 aromatic rings. The maximum Gasteiger partial charge on any atom is 0.433 e. The van der Waals surface area contributed by atoms with Crippen LogP contribution in [0.1, 0.15) is 24.6 Å². The first kappa shape index (κ1) is 16.3. The maximum absolute atomic E-state index is 12.8. The second-order valence-electron chi connectivity index (χ2n) is 5.10. The Morgan fingerprint density at radius 2 is 1.82 bits per heavy atom. The Morgan fingerprint density at radius 1 is 1.14 bits per heavy atom. The van der Waals surface area contributed by atoms with Crippen molar-refractivity contribution in [3.05, 3.63) is 53.9 Å². The summed E-state index contributed by atoms with van der Waals surface area (Å²) < 4.78 is 38.3. The van der Waals surface area contributed by atoms with E-state index in [1.54, 1.807) is 11.9 Å². The van der Waals surface area contributed by atoms with Crippen molar-refractivity contribution in [3.8, 4) is 0 Å². The molecule has 1 aromatic carbocycles. The van der Waals surface area contributed by atoms with Gasteiger partial charge in [0, 0.05) is 19.3 Å². The van der Waals surface area contributed by atoms with Crippen molar-refractivity contribution in [2.75, 3.05) is 11.9 Å². The van der Waals surface area contributed by atoms with Gasteiger partial charge in [-0.3, -0.25) is 0 Å². The zero-order valence-electron chi connectivity index (χ0n) is 12.5. The van der Waals surface area contributed by atoms with Gasteiger partial charge in [0.1, 0.15) is 5.69 Å². The number of halogens is 3. The van der Waals surface area contributed by atoms with Crippen LogP contribution in [-0.4, -0.2) is 23.1 Å². The van der Waals surface area contributed by atoms with Crippen LogP contribution in [0, 0.1) is 0 Å². The van der Waals surface area contributed by atoms with Crippen molar-refractivity contribution in [1.82, 2.24) is 9.97 Å². The number of benzene rings is 1. The van der Waals surface area contributed by atoms with Gasteiger partial charge in [-0.1, -0.05) is 37.3 Å². The van der Waals surface area contributed by atoms with E-state index in [1.165, 1.54) is 0 Å². The number of hydrogen-bond acceptors (Lipinski definition) is 3.